The summed E-state index contributed by atoms with van der Waals surface area (Å²) in [7, 11) is 0. The Bertz CT molecular complexity index is 665. The average Bonchev–Trinajstić information content (AvgIpc) is 2.39. The summed E-state index contributed by atoms with van der Waals surface area (Å²) < 4.78 is 76.4. The number of halogens is 6. The number of hydrogen-bond acceptors (Lipinski definition) is 1. The maximum absolute atomic E-state index is 13.4. The monoisotopic (exact) mass is 306 g/mol. The Morgan fingerprint density at radius 1 is 0.762 bits per heavy atom. The number of aliphatic hydroxyl groups is 1. The summed E-state index contributed by atoms with van der Waals surface area (Å²) in [5.74, 6) is -3.91. The van der Waals surface area contributed by atoms with E-state index >= 15 is 0 Å². The van der Waals surface area contributed by atoms with Gasteiger partial charge in [0.2, 0.25) is 0 Å². The van der Waals surface area contributed by atoms with E-state index in [1.54, 1.807) is 0 Å². The van der Waals surface area contributed by atoms with Gasteiger partial charge in [-0.3, -0.25) is 0 Å². The zero-order valence-electron chi connectivity index (χ0n) is 10.3. The molecule has 0 radical (unpaired) electrons. The van der Waals surface area contributed by atoms with E-state index in [2.05, 4.69) is 0 Å². The van der Waals surface area contributed by atoms with Crippen LogP contribution in [-0.4, -0.2) is 5.11 Å². The van der Waals surface area contributed by atoms with Gasteiger partial charge in [-0.1, -0.05) is 12.1 Å². The van der Waals surface area contributed by atoms with Crippen molar-refractivity contribution in [1.82, 2.24) is 0 Å². The molecule has 1 N–H and O–H groups in total. The predicted octanol–water partition coefficient (Wildman–Crippen LogP) is 4.20. The first-order valence-corrected chi connectivity index (χ1v) is 5.70. The van der Waals surface area contributed by atoms with Gasteiger partial charge in [-0.25, -0.2) is 13.2 Å². The third-order valence-corrected chi connectivity index (χ3v) is 2.87. The highest BCUT2D eigenvalue weighted by molar-refractivity contribution is 5.34. The van der Waals surface area contributed by atoms with E-state index in [1.807, 2.05) is 0 Å². The molecule has 0 spiro atoms. The van der Waals surface area contributed by atoms with Gasteiger partial charge in [0.1, 0.15) is 11.9 Å². The molecular weight excluding hydrogens is 298 g/mol. The van der Waals surface area contributed by atoms with E-state index in [0.29, 0.717) is 18.2 Å². The topological polar surface area (TPSA) is 20.2 Å². The van der Waals surface area contributed by atoms with Crippen LogP contribution in [-0.2, 0) is 6.18 Å². The number of rotatable bonds is 2. The van der Waals surface area contributed by atoms with Gasteiger partial charge in [0.25, 0.3) is 0 Å². The van der Waals surface area contributed by atoms with Crippen molar-refractivity contribution in [3.05, 3.63) is 70.5 Å². The number of benzene rings is 2. The number of hydrogen-bond donors (Lipinski definition) is 1. The van der Waals surface area contributed by atoms with Gasteiger partial charge in [-0.05, 0) is 35.4 Å². The first-order valence-electron chi connectivity index (χ1n) is 5.70. The fraction of sp³-hybridized carbons (Fsp3) is 0.143. The summed E-state index contributed by atoms with van der Waals surface area (Å²) in [6.45, 7) is 0. The zero-order chi connectivity index (χ0) is 15.8. The van der Waals surface area contributed by atoms with Crippen LogP contribution in [0.25, 0.3) is 0 Å². The molecule has 1 nitrogen and oxygen atoms in total. The molecule has 21 heavy (non-hydrogen) atoms. The second-order valence-corrected chi connectivity index (χ2v) is 4.31. The van der Waals surface area contributed by atoms with Gasteiger partial charge in [0, 0.05) is 0 Å². The lowest BCUT2D eigenvalue weighted by Gasteiger charge is -2.14. The van der Waals surface area contributed by atoms with Gasteiger partial charge in [0.05, 0.1) is 5.56 Å². The van der Waals surface area contributed by atoms with E-state index < -0.39 is 35.3 Å². The fourth-order valence-corrected chi connectivity index (χ4v) is 1.81. The van der Waals surface area contributed by atoms with Gasteiger partial charge in [-0.2, -0.15) is 13.2 Å². The molecule has 112 valence electrons. The number of aliphatic hydroxyl groups excluding tert-OH is 1. The Labute approximate surface area is 115 Å². The first-order chi connectivity index (χ1) is 9.70. The highest BCUT2D eigenvalue weighted by Crippen LogP contribution is 2.33. The lowest BCUT2D eigenvalue weighted by Crippen LogP contribution is -2.09. The molecule has 0 heterocycles. The molecule has 2 aromatic carbocycles. The van der Waals surface area contributed by atoms with Crippen molar-refractivity contribution >= 4 is 0 Å². The summed E-state index contributed by atoms with van der Waals surface area (Å²) in [6, 6.07) is 4.36. The third kappa shape index (κ3) is 3.18. The van der Waals surface area contributed by atoms with Gasteiger partial charge >= 0.3 is 6.18 Å². The zero-order valence-corrected chi connectivity index (χ0v) is 10.3. The van der Waals surface area contributed by atoms with Crippen LogP contribution in [0.15, 0.2) is 36.4 Å². The molecule has 2 aromatic rings. The Morgan fingerprint density at radius 3 is 1.76 bits per heavy atom. The summed E-state index contributed by atoms with van der Waals surface area (Å²) in [4.78, 5) is 0. The lowest BCUT2D eigenvalue weighted by atomic mass is 9.99. The van der Waals surface area contributed by atoms with Crippen LogP contribution in [0.2, 0.25) is 0 Å². The van der Waals surface area contributed by atoms with Crippen molar-refractivity contribution in [2.24, 2.45) is 0 Å². The van der Waals surface area contributed by atoms with Crippen LogP contribution >= 0.6 is 0 Å². The van der Waals surface area contributed by atoms with Crippen molar-refractivity contribution in [2.45, 2.75) is 12.3 Å². The normalized spacial score (nSPS) is 13.3. The molecule has 0 aliphatic carbocycles. The molecule has 7 heteroatoms. The summed E-state index contributed by atoms with van der Waals surface area (Å²) in [5.41, 5.74) is -1.77. The van der Waals surface area contributed by atoms with Crippen LogP contribution in [0, 0.1) is 17.5 Å². The van der Waals surface area contributed by atoms with E-state index in [9.17, 15) is 31.4 Å². The molecule has 0 aromatic heterocycles. The summed E-state index contributed by atoms with van der Waals surface area (Å²) in [6.07, 6.45) is -6.42. The third-order valence-electron chi connectivity index (χ3n) is 2.87. The van der Waals surface area contributed by atoms with Crippen LogP contribution in [0.3, 0.4) is 0 Å². The van der Waals surface area contributed by atoms with Crippen molar-refractivity contribution < 1.29 is 31.4 Å². The molecule has 0 bridgehead atoms. The molecule has 0 fully saturated rings. The average molecular weight is 306 g/mol. The fourth-order valence-electron chi connectivity index (χ4n) is 1.81. The second kappa shape index (κ2) is 5.40. The van der Waals surface area contributed by atoms with Crippen molar-refractivity contribution in [2.75, 3.05) is 0 Å². The van der Waals surface area contributed by atoms with Crippen molar-refractivity contribution in [1.29, 1.82) is 0 Å². The largest absolute Gasteiger partial charge is 0.419 e. The highest BCUT2D eigenvalue weighted by Gasteiger charge is 2.34. The SMILES string of the molecule is OC(c1ccc(F)c(F)c1)c1ccc(C(F)(F)F)c(F)c1. The van der Waals surface area contributed by atoms with Gasteiger partial charge < -0.3 is 5.11 Å². The van der Waals surface area contributed by atoms with E-state index in [1.165, 1.54) is 0 Å². The Morgan fingerprint density at radius 2 is 1.29 bits per heavy atom. The van der Waals surface area contributed by atoms with E-state index in [-0.39, 0.29) is 11.1 Å². The quantitative estimate of drug-likeness (QED) is 0.824. The molecular formula is C14H8F6O. The molecule has 0 aliphatic rings. The Balaban J connectivity index is 2.38. The smallest absolute Gasteiger partial charge is 0.384 e. The summed E-state index contributed by atoms with van der Waals surface area (Å²) in [5, 5.41) is 9.89. The molecule has 1 atom stereocenters. The van der Waals surface area contributed by atoms with Crippen LogP contribution in [0.1, 0.15) is 22.8 Å². The minimum absolute atomic E-state index is 0.104. The minimum atomic E-state index is -4.85. The van der Waals surface area contributed by atoms with E-state index in [4.69, 9.17) is 0 Å². The first kappa shape index (κ1) is 15.4. The van der Waals surface area contributed by atoms with Gasteiger partial charge in [-0.15, -0.1) is 0 Å². The van der Waals surface area contributed by atoms with E-state index in [0.717, 1.165) is 18.2 Å². The molecule has 0 amide bonds. The second-order valence-electron chi connectivity index (χ2n) is 4.31. The highest BCUT2D eigenvalue weighted by atomic mass is 19.4. The Kier molecular flexibility index (Phi) is 3.95. The van der Waals surface area contributed by atoms with Crippen LogP contribution < -0.4 is 0 Å². The molecule has 0 saturated heterocycles. The maximum Gasteiger partial charge on any atom is 0.419 e. The Hall–Kier alpha value is -2.02. The molecule has 2 rings (SSSR count). The predicted molar refractivity (Wildman–Crippen MR) is 61.8 cm³/mol. The standard InChI is InChI=1S/C14H8F6O/c15-10-4-2-8(6-12(10)17)13(21)7-1-3-9(11(16)5-7)14(18,19)20/h1-6,13,21H. The van der Waals surface area contributed by atoms with Crippen molar-refractivity contribution in [3.8, 4) is 0 Å². The summed E-state index contributed by atoms with van der Waals surface area (Å²) >= 11 is 0. The van der Waals surface area contributed by atoms with Crippen LogP contribution in [0.4, 0.5) is 26.3 Å². The molecule has 0 aliphatic heterocycles. The minimum Gasteiger partial charge on any atom is -0.384 e. The maximum atomic E-state index is 13.4. The molecule has 0 saturated carbocycles. The van der Waals surface area contributed by atoms with Gasteiger partial charge in [0.15, 0.2) is 11.6 Å². The van der Waals surface area contributed by atoms with Crippen LogP contribution in [0.5, 0.6) is 0 Å². The molecule has 1 unspecified atom stereocenters. The lowest BCUT2D eigenvalue weighted by molar-refractivity contribution is -0.140. The van der Waals surface area contributed by atoms with Crippen molar-refractivity contribution in [3.63, 3.8) is 0 Å². The number of alkyl halides is 3.